The van der Waals surface area contributed by atoms with Crippen LogP contribution in [0.1, 0.15) is 63.1 Å². The van der Waals surface area contributed by atoms with Crippen LogP contribution in [0.5, 0.6) is 0 Å². The first kappa shape index (κ1) is 22.4. The molecule has 1 fully saturated rings. The number of aliphatic imine (C=N–C) groups is 2. The molecule has 1 aliphatic carbocycles. The SMILES string of the molecule is CCC1N=C(Nc2cc(C3CCCCC3N)nc(-c3ccccc3C(F)(F)F)n2)N=C1C. The molecule has 1 aliphatic heterocycles. The lowest BCUT2D eigenvalue weighted by molar-refractivity contribution is -0.137. The molecule has 3 atom stereocenters. The number of alkyl halides is 3. The van der Waals surface area contributed by atoms with Crippen LogP contribution in [0.15, 0.2) is 40.3 Å². The summed E-state index contributed by atoms with van der Waals surface area (Å²) < 4.78 is 41.0. The van der Waals surface area contributed by atoms with E-state index in [9.17, 15) is 13.2 Å². The van der Waals surface area contributed by atoms with Gasteiger partial charge in [-0.3, -0.25) is 0 Å². The Morgan fingerprint density at radius 2 is 1.88 bits per heavy atom. The van der Waals surface area contributed by atoms with Crippen LogP contribution in [0.2, 0.25) is 0 Å². The van der Waals surface area contributed by atoms with Crippen molar-refractivity contribution in [1.29, 1.82) is 0 Å². The van der Waals surface area contributed by atoms with Gasteiger partial charge >= 0.3 is 6.18 Å². The fourth-order valence-corrected chi connectivity index (χ4v) is 4.37. The van der Waals surface area contributed by atoms with Crippen molar-refractivity contribution in [2.75, 3.05) is 5.32 Å². The normalized spacial score (nSPS) is 23.6. The zero-order chi connectivity index (χ0) is 22.9. The quantitative estimate of drug-likeness (QED) is 0.681. The van der Waals surface area contributed by atoms with Gasteiger partial charge < -0.3 is 11.1 Å². The summed E-state index contributed by atoms with van der Waals surface area (Å²) in [5.41, 5.74) is 7.07. The highest BCUT2D eigenvalue weighted by molar-refractivity contribution is 6.08. The van der Waals surface area contributed by atoms with Crippen molar-refractivity contribution >= 4 is 17.5 Å². The summed E-state index contributed by atoms with van der Waals surface area (Å²) in [6.45, 7) is 3.93. The van der Waals surface area contributed by atoms with Gasteiger partial charge in [0.2, 0.25) is 5.96 Å². The predicted octanol–water partition coefficient (Wildman–Crippen LogP) is 5.17. The Balaban J connectivity index is 1.79. The van der Waals surface area contributed by atoms with Crippen LogP contribution in [-0.4, -0.2) is 33.7 Å². The third-order valence-corrected chi connectivity index (χ3v) is 6.09. The minimum Gasteiger partial charge on any atom is -0.327 e. The summed E-state index contributed by atoms with van der Waals surface area (Å²) in [6, 6.07) is 7.03. The number of benzene rings is 1. The van der Waals surface area contributed by atoms with Crippen molar-refractivity contribution in [3.05, 3.63) is 41.6 Å². The van der Waals surface area contributed by atoms with Gasteiger partial charge in [0.1, 0.15) is 5.82 Å². The topological polar surface area (TPSA) is 88.5 Å². The minimum absolute atomic E-state index is 0.00370. The Hall–Kier alpha value is -2.81. The van der Waals surface area contributed by atoms with Gasteiger partial charge in [-0.05, 0) is 32.3 Å². The fraction of sp³-hybridized carbons (Fsp3) is 0.478. The summed E-state index contributed by atoms with van der Waals surface area (Å²) in [6.07, 6.45) is 0.0515. The van der Waals surface area contributed by atoms with Gasteiger partial charge in [-0.25, -0.2) is 20.0 Å². The van der Waals surface area contributed by atoms with Crippen molar-refractivity contribution < 1.29 is 13.2 Å². The van der Waals surface area contributed by atoms with E-state index in [1.54, 1.807) is 12.1 Å². The third-order valence-electron chi connectivity index (χ3n) is 6.09. The lowest BCUT2D eigenvalue weighted by atomic mass is 9.83. The summed E-state index contributed by atoms with van der Waals surface area (Å²) in [5.74, 6) is 0.749. The van der Waals surface area contributed by atoms with Gasteiger partial charge in [-0.2, -0.15) is 13.2 Å². The predicted molar refractivity (Wildman–Crippen MR) is 120 cm³/mol. The summed E-state index contributed by atoms with van der Waals surface area (Å²) >= 11 is 0. The molecule has 0 saturated heterocycles. The van der Waals surface area contributed by atoms with E-state index in [4.69, 9.17) is 5.73 Å². The van der Waals surface area contributed by atoms with E-state index in [2.05, 4.69) is 25.3 Å². The summed E-state index contributed by atoms with van der Waals surface area (Å²) in [7, 11) is 0. The Morgan fingerprint density at radius 1 is 1.12 bits per heavy atom. The van der Waals surface area contributed by atoms with E-state index in [0.29, 0.717) is 17.5 Å². The van der Waals surface area contributed by atoms with Gasteiger partial charge in [0.15, 0.2) is 5.82 Å². The molecule has 3 N–H and O–H groups in total. The maximum atomic E-state index is 13.7. The van der Waals surface area contributed by atoms with E-state index in [-0.39, 0.29) is 29.4 Å². The number of hydrogen-bond donors (Lipinski definition) is 2. The molecule has 9 heteroatoms. The molecule has 0 bridgehead atoms. The molecule has 1 aromatic carbocycles. The lowest BCUT2D eigenvalue weighted by Gasteiger charge is -2.28. The largest absolute Gasteiger partial charge is 0.417 e. The molecule has 0 spiro atoms. The monoisotopic (exact) mass is 444 g/mol. The molecule has 0 amide bonds. The Morgan fingerprint density at radius 3 is 2.56 bits per heavy atom. The highest BCUT2D eigenvalue weighted by Gasteiger charge is 2.35. The molecule has 6 nitrogen and oxygen atoms in total. The number of anilines is 1. The van der Waals surface area contributed by atoms with Gasteiger partial charge in [-0.1, -0.05) is 38.0 Å². The maximum absolute atomic E-state index is 13.7. The molecule has 0 radical (unpaired) electrons. The lowest BCUT2D eigenvalue weighted by Crippen LogP contribution is -2.32. The molecule has 2 aromatic rings. The minimum atomic E-state index is -4.52. The van der Waals surface area contributed by atoms with Crippen LogP contribution in [0.25, 0.3) is 11.4 Å². The van der Waals surface area contributed by atoms with Crippen LogP contribution < -0.4 is 11.1 Å². The van der Waals surface area contributed by atoms with Gasteiger partial charge in [-0.15, -0.1) is 0 Å². The van der Waals surface area contributed by atoms with Crippen molar-refractivity contribution in [3.8, 4) is 11.4 Å². The number of guanidine groups is 1. The number of nitrogens with zero attached hydrogens (tertiary/aromatic N) is 4. The molecular formula is C23H27F3N6. The van der Waals surface area contributed by atoms with Crippen LogP contribution in [0.3, 0.4) is 0 Å². The zero-order valence-corrected chi connectivity index (χ0v) is 18.2. The van der Waals surface area contributed by atoms with Gasteiger partial charge in [0.05, 0.1) is 17.3 Å². The van der Waals surface area contributed by atoms with Crippen LogP contribution in [0.4, 0.5) is 19.0 Å². The second-order valence-electron chi connectivity index (χ2n) is 8.35. The van der Waals surface area contributed by atoms with Crippen molar-refractivity contribution in [2.45, 2.75) is 70.1 Å². The molecule has 2 aliphatic rings. The number of halogens is 3. The molecule has 1 saturated carbocycles. The maximum Gasteiger partial charge on any atom is 0.417 e. The summed E-state index contributed by atoms with van der Waals surface area (Å²) in [4.78, 5) is 18.0. The number of nitrogens with two attached hydrogens (primary N) is 1. The Kier molecular flexibility index (Phi) is 6.28. The molecule has 1 aromatic heterocycles. The first-order valence-corrected chi connectivity index (χ1v) is 11.0. The fourth-order valence-electron chi connectivity index (χ4n) is 4.37. The Bertz CT molecular complexity index is 1050. The molecule has 4 rings (SSSR count). The zero-order valence-electron chi connectivity index (χ0n) is 18.2. The van der Waals surface area contributed by atoms with Gasteiger partial charge in [0.25, 0.3) is 0 Å². The molecule has 3 unspecified atom stereocenters. The molecule has 32 heavy (non-hydrogen) atoms. The average molecular weight is 445 g/mol. The van der Waals surface area contributed by atoms with Crippen LogP contribution in [0, 0.1) is 0 Å². The third kappa shape index (κ3) is 4.67. The van der Waals surface area contributed by atoms with Crippen LogP contribution >= 0.6 is 0 Å². The summed E-state index contributed by atoms with van der Waals surface area (Å²) in [5, 5.41) is 3.09. The van der Waals surface area contributed by atoms with Crippen molar-refractivity contribution in [1.82, 2.24) is 9.97 Å². The number of nitrogens with one attached hydrogen (secondary N) is 1. The number of aromatic nitrogens is 2. The number of hydrogen-bond acceptors (Lipinski definition) is 6. The molecular weight excluding hydrogens is 417 g/mol. The van der Waals surface area contributed by atoms with E-state index >= 15 is 0 Å². The molecule has 2 heterocycles. The second kappa shape index (κ2) is 8.97. The first-order valence-electron chi connectivity index (χ1n) is 11.0. The van der Waals surface area contributed by atoms with Crippen molar-refractivity contribution in [3.63, 3.8) is 0 Å². The molecule has 170 valence electrons. The highest BCUT2D eigenvalue weighted by Crippen LogP contribution is 2.38. The van der Waals surface area contributed by atoms with Gasteiger partial charge in [0, 0.05) is 29.3 Å². The van der Waals surface area contributed by atoms with Crippen LogP contribution in [-0.2, 0) is 6.18 Å². The first-order chi connectivity index (χ1) is 15.3. The standard InChI is InChI=1S/C23H27F3N6/c1-3-18-13(2)28-22(30-18)32-20-12-19(15-9-5-7-11-17(15)27)29-21(31-20)14-8-4-6-10-16(14)23(24,25)26/h4,6,8,10,12,15,17-18H,3,5,7,9,11,27H2,1-2H3,(H,29,30,31,32). The number of rotatable bonds is 4. The second-order valence-corrected chi connectivity index (χ2v) is 8.35. The smallest absolute Gasteiger partial charge is 0.327 e. The van der Waals surface area contributed by atoms with E-state index in [1.165, 1.54) is 12.1 Å². The highest BCUT2D eigenvalue weighted by atomic mass is 19.4. The Labute approximate surface area is 185 Å². The van der Waals surface area contributed by atoms with Crippen molar-refractivity contribution in [2.24, 2.45) is 15.7 Å². The average Bonchev–Trinajstić information content (AvgIpc) is 3.12. The van der Waals surface area contributed by atoms with E-state index in [1.807, 2.05) is 13.8 Å². The van der Waals surface area contributed by atoms with E-state index < -0.39 is 11.7 Å². The van der Waals surface area contributed by atoms with E-state index in [0.717, 1.165) is 43.9 Å².